The van der Waals surface area contributed by atoms with Crippen molar-refractivity contribution in [2.45, 2.75) is 83.7 Å². The molecule has 170 valence electrons. The van der Waals surface area contributed by atoms with Gasteiger partial charge in [0.05, 0.1) is 18.8 Å². The minimum atomic E-state index is -0.430. The summed E-state index contributed by atoms with van der Waals surface area (Å²) < 4.78 is 5.58. The van der Waals surface area contributed by atoms with E-state index in [2.05, 4.69) is 18.7 Å². The molecular weight excluding hydrogens is 374 g/mol. The fourth-order valence-corrected chi connectivity index (χ4v) is 8.90. The van der Waals surface area contributed by atoms with Crippen molar-refractivity contribution < 1.29 is 14.6 Å². The number of ether oxygens (including phenoxy) is 1. The van der Waals surface area contributed by atoms with E-state index in [1.54, 1.807) is 0 Å². The Morgan fingerprint density at radius 1 is 0.967 bits per heavy atom. The average Bonchev–Trinajstić information content (AvgIpc) is 2.87. The third-order valence-corrected chi connectivity index (χ3v) is 10.3. The van der Waals surface area contributed by atoms with Crippen molar-refractivity contribution in [3.05, 3.63) is 0 Å². The largest absolute Gasteiger partial charge is 0.390 e. The van der Waals surface area contributed by atoms with Gasteiger partial charge in [-0.1, -0.05) is 6.92 Å². The average molecular weight is 418 g/mol. The van der Waals surface area contributed by atoms with E-state index in [-0.39, 0.29) is 11.3 Å². The molecule has 5 rings (SSSR count). The summed E-state index contributed by atoms with van der Waals surface area (Å²) in [5.41, 5.74) is -0.200. The van der Waals surface area contributed by atoms with Crippen LogP contribution in [0.25, 0.3) is 0 Å². The zero-order valence-corrected chi connectivity index (χ0v) is 19.3. The molecule has 30 heavy (non-hydrogen) atoms. The number of Topliss-reactive ketones (excluding diaryl/α,β-unsaturated/α-hetero) is 1. The lowest BCUT2D eigenvalue weighted by molar-refractivity contribution is -0.133. The zero-order valence-electron chi connectivity index (χ0n) is 19.3. The molecule has 4 saturated carbocycles. The second kappa shape index (κ2) is 8.15. The van der Waals surface area contributed by atoms with Gasteiger partial charge in [-0.25, -0.2) is 0 Å². The van der Waals surface area contributed by atoms with E-state index in [0.717, 1.165) is 81.6 Å². The second-order valence-corrected chi connectivity index (χ2v) is 12.1. The number of rotatable bonds is 3. The van der Waals surface area contributed by atoms with Crippen molar-refractivity contribution >= 4 is 5.78 Å². The second-order valence-electron chi connectivity index (χ2n) is 12.1. The number of hydrogen-bond donors (Lipinski definition) is 1. The quantitative estimate of drug-likeness (QED) is 0.744. The summed E-state index contributed by atoms with van der Waals surface area (Å²) in [6.45, 7) is 8.71. The monoisotopic (exact) mass is 417 g/mol. The Morgan fingerprint density at radius 2 is 1.80 bits per heavy atom. The van der Waals surface area contributed by atoms with Crippen molar-refractivity contribution in [2.24, 2.45) is 40.9 Å². The summed E-state index contributed by atoms with van der Waals surface area (Å²) in [5.74, 6) is 4.80. The maximum absolute atomic E-state index is 13.4. The molecule has 4 aliphatic carbocycles. The van der Waals surface area contributed by atoms with Crippen LogP contribution in [-0.4, -0.2) is 54.2 Å². The molecule has 0 bridgehead atoms. The van der Waals surface area contributed by atoms with Crippen LogP contribution >= 0.6 is 0 Å². The maximum Gasteiger partial charge on any atom is 0.150 e. The number of fused-ring (bicyclic) bond motifs is 5. The number of nitrogens with zero attached hydrogens (tertiary/aromatic N) is 1. The highest BCUT2D eigenvalue weighted by Gasteiger charge is 2.58. The van der Waals surface area contributed by atoms with Gasteiger partial charge in [0.1, 0.15) is 5.78 Å². The fraction of sp³-hybridized carbons (Fsp3) is 0.962. The summed E-state index contributed by atoms with van der Waals surface area (Å²) in [4.78, 5) is 15.8. The van der Waals surface area contributed by atoms with Crippen LogP contribution in [0.2, 0.25) is 0 Å². The van der Waals surface area contributed by atoms with E-state index in [1.165, 1.54) is 38.5 Å². The summed E-state index contributed by atoms with van der Waals surface area (Å²) in [7, 11) is 0. The molecular formula is C26H43NO3. The van der Waals surface area contributed by atoms with Crippen LogP contribution in [0.4, 0.5) is 0 Å². The SMILES string of the molecule is CC1(O)CCC2C(CCC3C2CCC2(C)C(C(=O)CN4CCCOCC4)CCC32)C1. The third kappa shape index (κ3) is 3.79. The van der Waals surface area contributed by atoms with Gasteiger partial charge in [0.2, 0.25) is 0 Å². The van der Waals surface area contributed by atoms with E-state index in [9.17, 15) is 9.90 Å². The maximum atomic E-state index is 13.4. The topological polar surface area (TPSA) is 49.8 Å². The van der Waals surface area contributed by atoms with E-state index >= 15 is 0 Å². The Kier molecular flexibility index (Phi) is 5.82. The van der Waals surface area contributed by atoms with Crippen LogP contribution < -0.4 is 0 Å². The lowest BCUT2D eigenvalue weighted by Crippen LogP contribution is -2.51. The van der Waals surface area contributed by atoms with Crippen LogP contribution in [-0.2, 0) is 9.53 Å². The summed E-state index contributed by atoms with van der Waals surface area (Å²) in [6, 6.07) is 0. The third-order valence-electron chi connectivity index (χ3n) is 10.3. The predicted octanol–water partition coefficient (Wildman–Crippen LogP) is 4.30. The van der Waals surface area contributed by atoms with Crippen LogP contribution in [0.1, 0.15) is 78.1 Å². The molecule has 0 aromatic rings. The number of carbonyl (C=O) groups excluding carboxylic acids is 1. The number of aliphatic hydroxyl groups is 1. The van der Waals surface area contributed by atoms with Crippen molar-refractivity contribution in [3.63, 3.8) is 0 Å². The first-order valence-corrected chi connectivity index (χ1v) is 12.9. The predicted molar refractivity (Wildman–Crippen MR) is 118 cm³/mol. The highest BCUT2D eigenvalue weighted by Crippen LogP contribution is 2.64. The lowest BCUT2D eigenvalue weighted by atomic mass is 9.49. The summed E-state index contributed by atoms with van der Waals surface area (Å²) >= 11 is 0. The summed E-state index contributed by atoms with van der Waals surface area (Å²) in [5, 5.41) is 10.6. The molecule has 1 aliphatic heterocycles. The van der Waals surface area contributed by atoms with E-state index in [0.29, 0.717) is 12.3 Å². The first kappa shape index (κ1) is 21.4. The molecule has 0 amide bonds. The van der Waals surface area contributed by atoms with Gasteiger partial charge in [0, 0.05) is 25.6 Å². The molecule has 0 spiro atoms. The standard InChI is InChI=1S/C26H43NO3/c1-25(29)10-8-19-18(16-25)4-5-21-20(19)9-11-26(2)22(21)6-7-23(26)24(28)17-27-12-3-14-30-15-13-27/h18-23,29H,3-17H2,1-2H3. The zero-order chi connectivity index (χ0) is 20.9. The molecule has 1 saturated heterocycles. The Morgan fingerprint density at radius 3 is 2.67 bits per heavy atom. The van der Waals surface area contributed by atoms with Gasteiger partial charge >= 0.3 is 0 Å². The minimum absolute atomic E-state index is 0.230. The Balaban J connectivity index is 1.27. The molecule has 8 unspecified atom stereocenters. The highest BCUT2D eigenvalue weighted by molar-refractivity contribution is 5.84. The molecule has 5 fully saturated rings. The van der Waals surface area contributed by atoms with Gasteiger partial charge in [-0.15, -0.1) is 0 Å². The Labute approximate surface area is 183 Å². The number of carbonyl (C=O) groups is 1. The minimum Gasteiger partial charge on any atom is -0.390 e. The van der Waals surface area contributed by atoms with Crippen LogP contribution in [0, 0.1) is 40.9 Å². The van der Waals surface area contributed by atoms with Gasteiger partial charge in [0.15, 0.2) is 0 Å². The first-order valence-electron chi connectivity index (χ1n) is 12.9. The lowest BCUT2D eigenvalue weighted by Gasteiger charge is -2.56. The van der Waals surface area contributed by atoms with Gasteiger partial charge in [-0.05, 0) is 106 Å². The van der Waals surface area contributed by atoms with Crippen molar-refractivity contribution in [1.29, 1.82) is 0 Å². The molecule has 5 aliphatic rings. The molecule has 0 aromatic carbocycles. The first-order chi connectivity index (χ1) is 14.4. The summed E-state index contributed by atoms with van der Waals surface area (Å²) in [6.07, 6.45) is 11.9. The molecule has 1 heterocycles. The molecule has 0 aromatic heterocycles. The van der Waals surface area contributed by atoms with Crippen LogP contribution in [0.5, 0.6) is 0 Å². The van der Waals surface area contributed by atoms with Gasteiger partial charge in [0.25, 0.3) is 0 Å². The number of hydrogen-bond acceptors (Lipinski definition) is 4. The normalized spacial score (nSPS) is 49.6. The highest BCUT2D eigenvalue weighted by atomic mass is 16.5. The Bertz CT molecular complexity index is 640. The molecule has 1 N–H and O–H groups in total. The van der Waals surface area contributed by atoms with Crippen molar-refractivity contribution in [2.75, 3.05) is 32.8 Å². The fourth-order valence-electron chi connectivity index (χ4n) is 8.90. The smallest absolute Gasteiger partial charge is 0.150 e. The molecule has 4 heteroatoms. The van der Waals surface area contributed by atoms with Gasteiger partial charge < -0.3 is 9.84 Å². The Hall–Kier alpha value is -0.450. The molecule has 8 atom stereocenters. The van der Waals surface area contributed by atoms with E-state index in [4.69, 9.17) is 4.74 Å². The van der Waals surface area contributed by atoms with Crippen molar-refractivity contribution in [3.8, 4) is 0 Å². The van der Waals surface area contributed by atoms with Crippen molar-refractivity contribution in [1.82, 2.24) is 4.90 Å². The van der Waals surface area contributed by atoms with Crippen LogP contribution in [0.3, 0.4) is 0 Å². The van der Waals surface area contributed by atoms with Gasteiger partial charge in [-0.2, -0.15) is 0 Å². The van der Waals surface area contributed by atoms with Gasteiger partial charge in [-0.3, -0.25) is 9.69 Å². The van der Waals surface area contributed by atoms with E-state index in [1.807, 2.05) is 0 Å². The number of ketones is 1. The van der Waals surface area contributed by atoms with Crippen LogP contribution in [0.15, 0.2) is 0 Å². The molecule has 0 radical (unpaired) electrons. The molecule has 4 nitrogen and oxygen atoms in total. The van der Waals surface area contributed by atoms with E-state index < -0.39 is 5.60 Å².